The number of anilines is 1. The van der Waals surface area contributed by atoms with Crippen molar-refractivity contribution in [3.8, 4) is 0 Å². The Morgan fingerprint density at radius 2 is 2.14 bits per heavy atom. The van der Waals surface area contributed by atoms with Crippen LogP contribution in [-0.4, -0.2) is 16.1 Å². The third-order valence-electron chi connectivity index (χ3n) is 3.41. The Kier molecular flexibility index (Phi) is 4.52. The lowest BCUT2D eigenvalue weighted by Gasteiger charge is -2.20. The van der Waals surface area contributed by atoms with Gasteiger partial charge in [0, 0.05) is 5.69 Å². The lowest BCUT2D eigenvalue weighted by molar-refractivity contribution is 0.0696. The molecule has 0 aliphatic rings. The molecule has 0 amide bonds. The quantitative estimate of drug-likeness (QED) is 0.878. The molecule has 5 heteroatoms. The van der Waals surface area contributed by atoms with E-state index in [2.05, 4.69) is 10.3 Å². The summed E-state index contributed by atoms with van der Waals surface area (Å²) in [5.74, 6) is -1.33. The van der Waals surface area contributed by atoms with Gasteiger partial charge in [-0.1, -0.05) is 13.0 Å². The third-order valence-corrected chi connectivity index (χ3v) is 3.41. The van der Waals surface area contributed by atoms with E-state index in [1.807, 2.05) is 13.0 Å². The fraction of sp³-hybridized carbons (Fsp3) is 0.250. The summed E-state index contributed by atoms with van der Waals surface area (Å²) < 4.78 is 12.9. The zero-order chi connectivity index (χ0) is 15.4. The number of halogens is 1. The number of carboxylic acids is 1. The van der Waals surface area contributed by atoms with Gasteiger partial charge in [0.1, 0.15) is 5.82 Å². The van der Waals surface area contributed by atoms with Crippen molar-refractivity contribution in [3.63, 3.8) is 0 Å². The van der Waals surface area contributed by atoms with Crippen LogP contribution in [0.2, 0.25) is 0 Å². The number of aromatic nitrogens is 1. The molecule has 0 radical (unpaired) electrons. The number of benzene rings is 1. The van der Waals surface area contributed by atoms with Gasteiger partial charge >= 0.3 is 5.97 Å². The predicted octanol–water partition coefficient (Wildman–Crippen LogP) is 3.79. The van der Waals surface area contributed by atoms with Gasteiger partial charge in [-0.15, -0.1) is 0 Å². The summed E-state index contributed by atoms with van der Waals surface area (Å²) >= 11 is 0. The molecule has 0 saturated heterocycles. The van der Waals surface area contributed by atoms with E-state index in [4.69, 9.17) is 5.11 Å². The number of pyridine rings is 1. The van der Waals surface area contributed by atoms with Gasteiger partial charge in [0.25, 0.3) is 0 Å². The molecule has 2 rings (SSSR count). The summed E-state index contributed by atoms with van der Waals surface area (Å²) in [7, 11) is 0. The lowest BCUT2D eigenvalue weighted by atomic mass is 10.0. The smallest absolute Gasteiger partial charge is 0.336 e. The molecule has 1 aromatic heterocycles. The SMILES string of the molecule is CCC(Nc1cccc(C(=O)O)c1C)c1ccc(F)cn1. The molecule has 1 aromatic carbocycles. The maximum absolute atomic E-state index is 12.9. The Labute approximate surface area is 122 Å². The summed E-state index contributed by atoms with van der Waals surface area (Å²) in [4.78, 5) is 15.2. The molecule has 1 atom stereocenters. The lowest BCUT2D eigenvalue weighted by Crippen LogP contribution is -2.13. The number of hydrogen-bond donors (Lipinski definition) is 2. The molecule has 4 nitrogen and oxygen atoms in total. The zero-order valence-electron chi connectivity index (χ0n) is 11.9. The summed E-state index contributed by atoms with van der Waals surface area (Å²) in [6, 6.07) is 7.99. The minimum Gasteiger partial charge on any atom is -0.478 e. The Morgan fingerprint density at radius 3 is 2.71 bits per heavy atom. The maximum atomic E-state index is 12.9. The fourth-order valence-corrected chi connectivity index (χ4v) is 2.19. The van der Waals surface area contributed by atoms with Crippen molar-refractivity contribution in [2.24, 2.45) is 0 Å². The third kappa shape index (κ3) is 3.37. The van der Waals surface area contributed by atoms with Gasteiger partial charge < -0.3 is 10.4 Å². The van der Waals surface area contributed by atoms with Crippen LogP contribution in [0.4, 0.5) is 10.1 Å². The van der Waals surface area contributed by atoms with Crippen LogP contribution in [0.1, 0.15) is 41.0 Å². The summed E-state index contributed by atoms with van der Waals surface area (Å²) in [6.45, 7) is 3.75. The normalized spacial score (nSPS) is 12.0. The summed E-state index contributed by atoms with van der Waals surface area (Å²) in [5.41, 5.74) is 2.40. The van der Waals surface area contributed by atoms with Crippen molar-refractivity contribution in [3.05, 3.63) is 59.2 Å². The van der Waals surface area contributed by atoms with E-state index in [1.165, 1.54) is 12.3 Å². The summed E-state index contributed by atoms with van der Waals surface area (Å²) in [6.07, 6.45) is 1.93. The molecule has 110 valence electrons. The molecule has 21 heavy (non-hydrogen) atoms. The molecular weight excluding hydrogens is 271 g/mol. The predicted molar refractivity (Wildman–Crippen MR) is 79.0 cm³/mol. The van der Waals surface area contributed by atoms with Gasteiger partial charge in [0.15, 0.2) is 0 Å². The van der Waals surface area contributed by atoms with Gasteiger partial charge in [-0.25, -0.2) is 9.18 Å². The van der Waals surface area contributed by atoms with Gasteiger partial charge in [0.05, 0.1) is 23.5 Å². The average Bonchev–Trinajstić information content (AvgIpc) is 2.47. The van der Waals surface area contributed by atoms with Crippen LogP contribution in [0.25, 0.3) is 0 Å². The Bertz CT molecular complexity index is 641. The van der Waals surface area contributed by atoms with Crippen LogP contribution in [0, 0.1) is 12.7 Å². The molecular formula is C16H17FN2O2. The highest BCUT2D eigenvalue weighted by Crippen LogP contribution is 2.25. The minimum atomic E-state index is -0.955. The molecule has 0 aliphatic carbocycles. The van der Waals surface area contributed by atoms with E-state index in [1.54, 1.807) is 25.1 Å². The van der Waals surface area contributed by atoms with Crippen molar-refractivity contribution >= 4 is 11.7 Å². The molecule has 0 aliphatic heterocycles. The fourth-order valence-electron chi connectivity index (χ4n) is 2.19. The monoisotopic (exact) mass is 288 g/mol. The second kappa shape index (κ2) is 6.35. The Morgan fingerprint density at radius 1 is 1.38 bits per heavy atom. The Balaban J connectivity index is 2.29. The van der Waals surface area contributed by atoms with Crippen molar-refractivity contribution in [2.45, 2.75) is 26.3 Å². The molecule has 2 N–H and O–H groups in total. The van der Waals surface area contributed by atoms with E-state index in [0.717, 1.165) is 17.8 Å². The highest BCUT2D eigenvalue weighted by atomic mass is 19.1. The minimum absolute atomic E-state index is 0.103. The molecule has 0 saturated carbocycles. The van der Waals surface area contributed by atoms with Crippen molar-refractivity contribution < 1.29 is 14.3 Å². The van der Waals surface area contributed by atoms with Crippen LogP contribution >= 0.6 is 0 Å². The number of nitrogens with one attached hydrogen (secondary N) is 1. The van der Waals surface area contributed by atoms with E-state index >= 15 is 0 Å². The van der Waals surface area contributed by atoms with Gasteiger partial charge in [-0.2, -0.15) is 0 Å². The number of rotatable bonds is 5. The molecule has 0 spiro atoms. The second-order valence-corrected chi connectivity index (χ2v) is 4.79. The van der Waals surface area contributed by atoms with E-state index in [9.17, 15) is 9.18 Å². The van der Waals surface area contributed by atoms with Gasteiger partial charge in [0.2, 0.25) is 0 Å². The highest BCUT2D eigenvalue weighted by Gasteiger charge is 2.15. The van der Waals surface area contributed by atoms with Crippen LogP contribution in [-0.2, 0) is 0 Å². The highest BCUT2D eigenvalue weighted by molar-refractivity contribution is 5.91. The molecule has 1 unspecified atom stereocenters. The topological polar surface area (TPSA) is 62.2 Å². The van der Waals surface area contributed by atoms with Gasteiger partial charge in [-0.3, -0.25) is 4.98 Å². The first-order valence-electron chi connectivity index (χ1n) is 6.73. The van der Waals surface area contributed by atoms with Crippen molar-refractivity contribution in [2.75, 3.05) is 5.32 Å². The van der Waals surface area contributed by atoms with E-state index < -0.39 is 5.97 Å². The standard InChI is InChI=1S/C16H17FN2O2/c1-3-13(15-8-7-11(17)9-18-15)19-14-6-4-5-12(10(14)2)16(20)21/h4-9,13,19H,3H2,1-2H3,(H,20,21). The van der Waals surface area contributed by atoms with E-state index in [-0.39, 0.29) is 17.4 Å². The molecule has 0 fully saturated rings. The number of hydrogen-bond acceptors (Lipinski definition) is 3. The second-order valence-electron chi connectivity index (χ2n) is 4.79. The van der Waals surface area contributed by atoms with Crippen molar-refractivity contribution in [1.29, 1.82) is 0 Å². The maximum Gasteiger partial charge on any atom is 0.336 e. The summed E-state index contributed by atoms with van der Waals surface area (Å²) in [5, 5.41) is 12.4. The Hall–Kier alpha value is -2.43. The molecule has 1 heterocycles. The average molecular weight is 288 g/mol. The zero-order valence-corrected chi connectivity index (χ0v) is 11.9. The molecule has 2 aromatic rings. The van der Waals surface area contributed by atoms with Crippen LogP contribution < -0.4 is 5.32 Å². The first-order chi connectivity index (χ1) is 10.0. The molecule has 0 bridgehead atoms. The first kappa shape index (κ1) is 15.0. The van der Waals surface area contributed by atoms with Crippen molar-refractivity contribution in [1.82, 2.24) is 4.98 Å². The number of carboxylic acid groups (broad SMARTS) is 1. The van der Waals surface area contributed by atoms with Gasteiger partial charge in [-0.05, 0) is 43.2 Å². The number of aromatic carboxylic acids is 1. The first-order valence-corrected chi connectivity index (χ1v) is 6.73. The van der Waals surface area contributed by atoms with E-state index in [0.29, 0.717) is 5.56 Å². The number of nitrogens with zero attached hydrogens (tertiary/aromatic N) is 1. The number of carbonyl (C=O) groups is 1. The van der Waals surface area contributed by atoms with Crippen LogP contribution in [0.5, 0.6) is 0 Å². The van der Waals surface area contributed by atoms with Crippen LogP contribution in [0.3, 0.4) is 0 Å². The van der Waals surface area contributed by atoms with Crippen LogP contribution in [0.15, 0.2) is 36.5 Å². The largest absolute Gasteiger partial charge is 0.478 e.